The fourth-order valence-corrected chi connectivity index (χ4v) is 7.86. The molecule has 0 saturated carbocycles. The number of non-ortho nitro benzene ring substituents is 1. The van der Waals surface area contributed by atoms with E-state index in [2.05, 4.69) is 0 Å². The Hall–Kier alpha value is -6.95. The summed E-state index contributed by atoms with van der Waals surface area (Å²) in [5.74, 6) is -5.25. The van der Waals surface area contributed by atoms with Gasteiger partial charge in [0.05, 0.1) is 29.4 Å². The first kappa shape index (κ1) is 33.2. The van der Waals surface area contributed by atoms with Crippen molar-refractivity contribution in [1.29, 1.82) is 0 Å². The topological polar surface area (TPSA) is 153 Å². The summed E-state index contributed by atoms with van der Waals surface area (Å²) < 4.78 is 10.6. The van der Waals surface area contributed by atoms with E-state index in [4.69, 9.17) is 9.47 Å². The molecular formula is C41H29N3O9. The summed E-state index contributed by atoms with van der Waals surface area (Å²) in [6.45, 7) is -0.703. The third-order valence-corrected chi connectivity index (χ3v) is 10.2. The number of ether oxygens (including phenoxy) is 2. The average Bonchev–Trinajstić information content (AvgIpc) is 3.46. The monoisotopic (exact) mass is 707 g/mol. The molecule has 3 aliphatic carbocycles. The predicted octanol–water partition coefficient (Wildman–Crippen LogP) is 5.95. The molecule has 0 N–H and O–H groups in total. The van der Waals surface area contributed by atoms with Crippen molar-refractivity contribution < 1.29 is 38.4 Å². The molecule has 12 nitrogen and oxygen atoms in total. The van der Waals surface area contributed by atoms with Crippen molar-refractivity contribution in [2.24, 2.45) is 11.8 Å². The van der Waals surface area contributed by atoms with Crippen LogP contribution in [0.15, 0.2) is 121 Å². The minimum Gasteiger partial charge on any atom is -0.497 e. The largest absolute Gasteiger partial charge is 0.497 e. The normalized spacial score (nSPS) is 19.2. The number of esters is 1. The fourth-order valence-electron chi connectivity index (χ4n) is 7.86. The Bertz CT molecular complexity index is 2240. The molecule has 1 heterocycles. The maximum atomic E-state index is 14.6. The zero-order valence-electron chi connectivity index (χ0n) is 28.1. The van der Waals surface area contributed by atoms with E-state index in [1.54, 1.807) is 18.2 Å². The van der Waals surface area contributed by atoms with Crippen molar-refractivity contribution >= 4 is 35.2 Å². The number of methoxy groups -OCH3 is 1. The van der Waals surface area contributed by atoms with Gasteiger partial charge in [-0.25, -0.2) is 9.80 Å². The highest BCUT2D eigenvalue weighted by atomic mass is 16.6. The molecule has 53 heavy (non-hydrogen) atoms. The van der Waals surface area contributed by atoms with Gasteiger partial charge in [0.15, 0.2) is 5.78 Å². The number of imide groups is 1. The first-order valence-corrected chi connectivity index (χ1v) is 16.8. The molecular weight excluding hydrogens is 678 g/mol. The van der Waals surface area contributed by atoms with E-state index in [1.165, 1.54) is 49.6 Å². The number of amides is 3. The molecule has 12 heteroatoms. The highest BCUT2D eigenvalue weighted by Crippen LogP contribution is 2.61. The molecule has 0 radical (unpaired) electrons. The zero-order valence-corrected chi connectivity index (χ0v) is 28.1. The van der Waals surface area contributed by atoms with Crippen LogP contribution in [0.5, 0.6) is 11.5 Å². The Labute approximate surface area is 302 Å². The molecule has 0 aromatic heterocycles. The van der Waals surface area contributed by atoms with Crippen LogP contribution >= 0.6 is 0 Å². The molecule has 2 atom stereocenters. The fraction of sp³-hybridized carbons (Fsp3) is 0.146. The lowest BCUT2D eigenvalue weighted by Gasteiger charge is -2.45. The standard InChI is InChI=1S/C41H29N3O9/c1-52-28-8-6-7-25(21-28)41(49)53-27-19-15-23(16-20-27)33(45)22-42(38(46)24-13-17-26(18-14-24)44(50)51)43-39(47)36-34-29-9-2-3-10-30(29)35(37(36)40(43)48)32-12-5-4-11-31(32)34/h2-21,34-37H,22H2,1H3/t34?,35?,36-,37+. The third kappa shape index (κ3) is 5.51. The number of nitro groups is 1. The summed E-state index contributed by atoms with van der Waals surface area (Å²) in [4.78, 5) is 80.7. The first-order chi connectivity index (χ1) is 25.7. The second-order valence-corrected chi connectivity index (χ2v) is 13.0. The van der Waals surface area contributed by atoms with Gasteiger partial charge in [0, 0.05) is 35.1 Å². The summed E-state index contributed by atoms with van der Waals surface area (Å²) in [6.07, 6.45) is 0. The van der Waals surface area contributed by atoms with Gasteiger partial charge in [0.2, 0.25) is 0 Å². The third-order valence-electron chi connectivity index (χ3n) is 10.2. The highest BCUT2D eigenvalue weighted by molar-refractivity contribution is 6.11. The van der Waals surface area contributed by atoms with E-state index in [1.807, 2.05) is 48.5 Å². The highest BCUT2D eigenvalue weighted by Gasteiger charge is 2.63. The van der Waals surface area contributed by atoms with Gasteiger partial charge >= 0.3 is 5.97 Å². The molecule has 262 valence electrons. The number of carbonyl (C=O) groups is 5. The van der Waals surface area contributed by atoms with E-state index < -0.39 is 64.6 Å². The van der Waals surface area contributed by atoms with Gasteiger partial charge in [-0.1, -0.05) is 54.6 Å². The smallest absolute Gasteiger partial charge is 0.343 e. The molecule has 1 saturated heterocycles. The van der Waals surface area contributed by atoms with Crippen molar-refractivity contribution in [2.45, 2.75) is 11.8 Å². The molecule has 9 rings (SSSR count). The number of ketones is 1. The van der Waals surface area contributed by atoms with E-state index >= 15 is 0 Å². The number of nitro benzene ring substituents is 1. The van der Waals surface area contributed by atoms with Crippen molar-refractivity contribution in [1.82, 2.24) is 10.0 Å². The Kier molecular flexibility index (Phi) is 8.14. The minimum absolute atomic E-state index is 0.0618. The number of hydrogen-bond donors (Lipinski definition) is 0. The quantitative estimate of drug-likeness (QED) is 0.0451. The molecule has 5 aromatic carbocycles. The van der Waals surface area contributed by atoms with Crippen molar-refractivity contribution in [3.05, 3.63) is 170 Å². The van der Waals surface area contributed by atoms with Crippen LogP contribution in [0, 0.1) is 22.0 Å². The van der Waals surface area contributed by atoms with E-state index in [9.17, 15) is 34.1 Å². The van der Waals surface area contributed by atoms with Crippen molar-refractivity contribution in [3.63, 3.8) is 0 Å². The van der Waals surface area contributed by atoms with Gasteiger partial charge in [-0.2, -0.15) is 5.01 Å². The second kappa shape index (κ2) is 13.0. The Morgan fingerprint density at radius 2 is 1.21 bits per heavy atom. The Balaban J connectivity index is 1.11. The lowest BCUT2D eigenvalue weighted by molar-refractivity contribution is -0.384. The number of hydrogen-bond acceptors (Lipinski definition) is 9. The van der Waals surface area contributed by atoms with Crippen molar-refractivity contribution in [2.75, 3.05) is 13.7 Å². The molecule has 1 aliphatic heterocycles. The van der Waals surface area contributed by atoms with Crippen molar-refractivity contribution in [3.8, 4) is 11.5 Å². The lowest BCUT2D eigenvalue weighted by Crippen LogP contribution is -2.52. The Morgan fingerprint density at radius 1 is 0.679 bits per heavy atom. The van der Waals surface area contributed by atoms with Gasteiger partial charge in [-0.05, 0) is 76.9 Å². The lowest BCUT2D eigenvalue weighted by atomic mass is 9.55. The molecule has 2 bridgehead atoms. The summed E-state index contributed by atoms with van der Waals surface area (Å²) in [5, 5.41) is 13.0. The van der Waals surface area contributed by atoms with Gasteiger partial charge < -0.3 is 9.47 Å². The minimum atomic E-state index is -0.861. The molecule has 4 aliphatic rings. The van der Waals surface area contributed by atoms with Crippen LogP contribution in [0.25, 0.3) is 0 Å². The molecule has 1 fully saturated rings. The zero-order chi connectivity index (χ0) is 37.0. The van der Waals surface area contributed by atoms with Crippen LogP contribution in [0.2, 0.25) is 0 Å². The first-order valence-electron chi connectivity index (χ1n) is 16.8. The van der Waals surface area contributed by atoms with Crippen LogP contribution in [-0.4, -0.2) is 58.1 Å². The van der Waals surface area contributed by atoms with Gasteiger partial charge in [0.1, 0.15) is 18.0 Å². The van der Waals surface area contributed by atoms with E-state index in [-0.39, 0.29) is 28.1 Å². The van der Waals surface area contributed by atoms with Crippen LogP contribution < -0.4 is 9.47 Å². The maximum absolute atomic E-state index is 14.6. The predicted molar refractivity (Wildman–Crippen MR) is 188 cm³/mol. The van der Waals surface area contributed by atoms with Gasteiger partial charge in [-0.3, -0.25) is 29.3 Å². The summed E-state index contributed by atoms with van der Waals surface area (Å²) in [5.41, 5.74) is 3.81. The second-order valence-electron chi connectivity index (χ2n) is 13.0. The van der Waals surface area contributed by atoms with Crippen LogP contribution in [0.3, 0.4) is 0 Å². The summed E-state index contributed by atoms with van der Waals surface area (Å²) in [6, 6.07) is 32.2. The van der Waals surface area contributed by atoms with E-state index in [0.717, 1.165) is 44.4 Å². The van der Waals surface area contributed by atoms with Gasteiger partial charge in [0.25, 0.3) is 23.4 Å². The van der Waals surface area contributed by atoms with Crippen LogP contribution in [-0.2, 0) is 9.59 Å². The van der Waals surface area contributed by atoms with E-state index in [0.29, 0.717) is 5.75 Å². The molecule has 5 aromatic rings. The maximum Gasteiger partial charge on any atom is 0.343 e. The number of nitrogens with zero attached hydrogens (tertiary/aromatic N) is 3. The number of carbonyl (C=O) groups excluding carboxylic acids is 5. The van der Waals surface area contributed by atoms with Crippen LogP contribution in [0.4, 0.5) is 5.69 Å². The van der Waals surface area contributed by atoms with Gasteiger partial charge in [-0.15, -0.1) is 0 Å². The average molecular weight is 708 g/mol. The summed E-state index contributed by atoms with van der Waals surface area (Å²) in [7, 11) is 1.48. The molecule has 3 amide bonds. The number of benzene rings is 5. The molecule has 0 spiro atoms. The SMILES string of the molecule is COc1cccc(C(=O)Oc2ccc(C(=O)CN(C(=O)c3ccc([N+](=O)[O-])cc3)N3C(=O)[C@@H]4C5c6ccccc6C(c6ccccc65)[C@@H]4C3=O)cc2)c1. The number of Topliss-reactive ketones (excluding diaryl/α,β-unsaturated/α-hetero) is 1. The molecule has 0 unspecified atom stereocenters. The number of rotatable bonds is 9. The summed E-state index contributed by atoms with van der Waals surface area (Å²) >= 11 is 0. The van der Waals surface area contributed by atoms with Crippen LogP contribution in [0.1, 0.15) is 65.2 Å². The Morgan fingerprint density at radius 3 is 1.72 bits per heavy atom. The number of hydrazine groups is 1.